The second-order valence-electron chi connectivity index (χ2n) is 5.58. The molecule has 0 saturated heterocycles. The zero-order valence-electron chi connectivity index (χ0n) is 12.5. The number of hydrogen-bond donors (Lipinski definition) is 1. The van der Waals surface area contributed by atoms with E-state index >= 15 is 0 Å². The van der Waals surface area contributed by atoms with Gasteiger partial charge in [-0.05, 0) is 45.5 Å². The first-order valence-corrected chi connectivity index (χ1v) is 6.98. The molecule has 0 spiro atoms. The van der Waals surface area contributed by atoms with Gasteiger partial charge < -0.3 is 10.2 Å². The van der Waals surface area contributed by atoms with Crippen LogP contribution < -0.4 is 5.32 Å². The molecule has 1 N–H and O–H groups in total. The van der Waals surface area contributed by atoms with Gasteiger partial charge in [0.15, 0.2) is 0 Å². The van der Waals surface area contributed by atoms with Gasteiger partial charge in [-0.15, -0.1) is 0 Å². The van der Waals surface area contributed by atoms with E-state index in [1.807, 2.05) is 7.05 Å². The lowest BCUT2D eigenvalue weighted by atomic mass is 9.99. The van der Waals surface area contributed by atoms with E-state index in [4.69, 9.17) is 0 Å². The lowest BCUT2D eigenvalue weighted by molar-refractivity contribution is 0.202. The quantitative estimate of drug-likeness (QED) is 0.796. The van der Waals surface area contributed by atoms with Gasteiger partial charge in [0.1, 0.15) is 0 Å². The zero-order valence-corrected chi connectivity index (χ0v) is 12.5. The fourth-order valence-electron chi connectivity index (χ4n) is 2.27. The van der Waals surface area contributed by atoms with Crippen LogP contribution in [0.1, 0.15) is 38.8 Å². The summed E-state index contributed by atoms with van der Waals surface area (Å²) in [6.07, 6.45) is 1.26. The van der Waals surface area contributed by atoms with Crippen LogP contribution in [0.2, 0.25) is 0 Å². The van der Waals surface area contributed by atoms with Gasteiger partial charge in [0, 0.05) is 12.1 Å². The number of benzene rings is 1. The largest absolute Gasteiger partial charge is 0.312 e. The summed E-state index contributed by atoms with van der Waals surface area (Å²) in [7, 11) is 4.27. The Balaban J connectivity index is 2.64. The van der Waals surface area contributed by atoms with Crippen LogP contribution in [0.4, 0.5) is 0 Å². The third kappa shape index (κ3) is 4.43. The van der Waals surface area contributed by atoms with Crippen molar-refractivity contribution in [3.63, 3.8) is 0 Å². The average molecular weight is 248 g/mol. The number of nitrogens with one attached hydrogen (secondary N) is 1. The second kappa shape index (κ2) is 7.55. The summed E-state index contributed by atoms with van der Waals surface area (Å²) < 4.78 is 0. The van der Waals surface area contributed by atoms with Crippen LogP contribution in [0.5, 0.6) is 0 Å². The van der Waals surface area contributed by atoms with E-state index < -0.39 is 0 Å². The molecule has 18 heavy (non-hydrogen) atoms. The molecule has 2 unspecified atom stereocenters. The molecule has 1 rings (SSSR count). The summed E-state index contributed by atoms with van der Waals surface area (Å²) in [5.41, 5.74) is 1.36. The van der Waals surface area contributed by atoms with Gasteiger partial charge in [0.2, 0.25) is 0 Å². The van der Waals surface area contributed by atoms with Crippen molar-refractivity contribution >= 4 is 0 Å². The van der Waals surface area contributed by atoms with Gasteiger partial charge in [-0.2, -0.15) is 0 Å². The van der Waals surface area contributed by atoms with Crippen LogP contribution in [0, 0.1) is 5.92 Å². The monoisotopic (exact) mass is 248 g/mol. The Kier molecular flexibility index (Phi) is 6.37. The summed E-state index contributed by atoms with van der Waals surface area (Å²) in [6.45, 7) is 8.02. The SMILES string of the molecule is CNC(c1ccccc1)C(C)N(C)CCC(C)C. The Morgan fingerprint density at radius 2 is 1.72 bits per heavy atom. The number of likely N-dealkylation sites (N-methyl/N-ethyl adjacent to an activating group) is 2. The maximum absolute atomic E-state index is 3.44. The molecule has 0 aromatic heterocycles. The van der Waals surface area contributed by atoms with E-state index in [1.165, 1.54) is 12.0 Å². The molecule has 0 heterocycles. The van der Waals surface area contributed by atoms with Crippen LogP contribution in [-0.4, -0.2) is 31.6 Å². The fourth-order valence-corrected chi connectivity index (χ4v) is 2.27. The summed E-state index contributed by atoms with van der Waals surface area (Å²) in [5, 5.41) is 3.44. The van der Waals surface area contributed by atoms with Crippen molar-refractivity contribution in [2.24, 2.45) is 5.92 Å². The molecule has 0 saturated carbocycles. The maximum atomic E-state index is 3.44. The zero-order chi connectivity index (χ0) is 13.5. The Morgan fingerprint density at radius 1 is 1.11 bits per heavy atom. The molecule has 2 nitrogen and oxygen atoms in total. The van der Waals surface area contributed by atoms with Gasteiger partial charge in [-0.25, -0.2) is 0 Å². The molecule has 0 aliphatic carbocycles. The second-order valence-corrected chi connectivity index (χ2v) is 5.58. The highest BCUT2D eigenvalue weighted by Gasteiger charge is 2.20. The van der Waals surface area contributed by atoms with Crippen molar-refractivity contribution in [3.05, 3.63) is 35.9 Å². The highest BCUT2D eigenvalue weighted by Crippen LogP contribution is 2.20. The standard InChI is InChI=1S/C16H28N2/c1-13(2)11-12-18(5)14(3)16(17-4)15-9-7-6-8-10-15/h6-10,13-14,16-17H,11-12H2,1-5H3. The summed E-state index contributed by atoms with van der Waals surface area (Å²) in [4.78, 5) is 2.45. The third-order valence-electron chi connectivity index (χ3n) is 3.71. The molecule has 102 valence electrons. The molecule has 0 bridgehead atoms. The van der Waals surface area contributed by atoms with Gasteiger partial charge in [-0.1, -0.05) is 44.2 Å². The number of hydrogen-bond acceptors (Lipinski definition) is 2. The predicted octanol–water partition coefficient (Wildman–Crippen LogP) is 3.31. The van der Waals surface area contributed by atoms with E-state index in [2.05, 4.69) is 68.4 Å². The fraction of sp³-hybridized carbons (Fsp3) is 0.625. The van der Waals surface area contributed by atoms with E-state index in [1.54, 1.807) is 0 Å². The van der Waals surface area contributed by atoms with Crippen LogP contribution in [0.15, 0.2) is 30.3 Å². The highest BCUT2D eigenvalue weighted by atomic mass is 15.2. The first kappa shape index (κ1) is 15.2. The van der Waals surface area contributed by atoms with E-state index in [0.717, 1.165) is 12.5 Å². The van der Waals surface area contributed by atoms with Gasteiger partial charge in [0.25, 0.3) is 0 Å². The van der Waals surface area contributed by atoms with Crippen molar-refractivity contribution in [3.8, 4) is 0 Å². The Morgan fingerprint density at radius 3 is 2.22 bits per heavy atom. The summed E-state index contributed by atoms with van der Waals surface area (Å²) in [6, 6.07) is 11.6. The summed E-state index contributed by atoms with van der Waals surface area (Å²) >= 11 is 0. The lowest BCUT2D eigenvalue weighted by Crippen LogP contribution is -2.40. The lowest BCUT2D eigenvalue weighted by Gasteiger charge is -2.32. The molecule has 0 amide bonds. The van der Waals surface area contributed by atoms with Crippen molar-refractivity contribution < 1.29 is 0 Å². The Labute approximate surface area is 112 Å². The van der Waals surface area contributed by atoms with Crippen molar-refractivity contribution in [1.82, 2.24) is 10.2 Å². The highest BCUT2D eigenvalue weighted by molar-refractivity contribution is 5.20. The van der Waals surface area contributed by atoms with E-state index in [-0.39, 0.29) is 0 Å². The average Bonchev–Trinajstić information content (AvgIpc) is 2.38. The van der Waals surface area contributed by atoms with Gasteiger partial charge in [0.05, 0.1) is 0 Å². The van der Waals surface area contributed by atoms with E-state index in [9.17, 15) is 0 Å². The first-order valence-electron chi connectivity index (χ1n) is 6.98. The normalized spacial score (nSPS) is 15.1. The molecule has 0 radical (unpaired) electrons. The topological polar surface area (TPSA) is 15.3 Å². The summed E-state index contributed by atoms with van der Waals surface area (Å²) in [5.74, 6) is 0.768. The minimum absolute atomic E-state index is 0.392. The van der Waals surface area contributed by atoms with Crippen molar-refractivity contribution in [2.45, 2.75) is 39.3 Å². The van der Waals surface area contributed by atoms with Crippen LogP contribution >= 0.6 is 0 Å². The van der Waals surface area contributed by atoms with E-state index in [0.29, 0.717) is 12.1 Å². The number of rotatable bonds is 7. The third-order valence-corrected chi connectivity index (χ3v) is 3.71. The van der Waals surface area contributed by atoms with Crippen LogP contribution in [0.25, 0.3) is 0 Å². The number of nitrogens with zero attached hydrogens (tertiary/aromatic N) is 1. The van der Waals surface area contributed by atoms with Crippen molar-refractivity contribution in [2.75, 3.05) is 20.6 Å². The smallest absolute Gasteiger partial charge is 0.0472 e. The minimum Gasteiger partial charge on any atom is -0.312 e. The van der Waals surface area contributed by atoms with Gasteiger partial charge in [-0.3, -0.25) is 0 Å². The molecular weight excluding hydrogens is 220 g/mol. The first-order chi connectivity index (χ1) is 8.56. The molecule has 0 fully saturated rings. The van der Waals surface area contributed by atoms with Crippen molar-refractivity contribution in [1.29, 1.82) is 0 Å². The Hall–Kier alpha value is -0.860. The Bertz CT molecular complexity index is 321. The molecular formula is C16H28N2. The molecule has 1 aromatic rings. The molecule has 0 aliphatic rings. The van der Waals surface area contributed by atoms with Crippen LogP contribution in [0.3, 0.4) is 0 Å². The predicted molar refractivity (Wildman–Crippen MR) is 79.8 cm³/mol. The van der Waals surface area contributed by atoms with Gasteiger partial charge >= 0.3 is 0 Å². The molecule has 2 atom stereocenters. The molecule has 0 aliphatic heterocycles. The molecule has 2 heteroatoms. The molecule has 1 aromatic carbocycles. The minimum atomic E-state index is 0.392. The van der Waals surface area contributed by atoms with Crippen LogP contribution in [-0.2, 0) is 0 Å². The maximum Gasteiger partial charge on any atom is 0.0472 e.